The molecule has 2 fully saturated rings. The van der Waals surface area contributed by atoms with Gasteiger partial charge in [0, 0.05) is 26.7 Å². The molecule has 4 heterocycles. The molecule has 0 aliphatic carbocycles. The molecule has 2 aromatic rings. The van der Waals surface area contributed by atoms with E-state index < -0.39 is 0 Å². The number of nitrogens with zero attached hydrogens (tertiary/aromatic N) is 3. The minimum absolute atomic E-state index is 0. The molecular formula is C21H31IN4O3S. The molecule has 0 aromatic carbocycles. The average molecular weight is 546 g/mol. The second kappa shape index (κ2) is 12.0. The molecule has 1 unspecified atom stereocenters. The lowest BCUT2D eigenvalue weighted by atomic mass is 10.1. The molecule has 30 heavy (non-hydrogen) atoms. The van der Waals surface area contributed by atoms with Crippen LogP contribution in [0.5, 0.6) is 0 Å². The van der Waals surface area contributed by atoms with Gasteiger partial charge in [-0.25, -0.2) is 4.98 Å². The van der Waals surface area contributed by atoms with Crippen LogP contribution in [-0.4, -0.2) is 61.4 Å². The van der Waals surface area contributed by atoms with Gasteiger partial charge >= 0.3 is 0 Å². The Balaban J connectivity index is 0.00000256. The molecule has 4 rings (SSSR count). The molecule has 166 valence electrons. The monoisotopic (exact) mass is 546 g/mol. The summed E-state index contributed by atoms with van der Waals surface area (Å²) in [6.45, 7) is 4.09. The van der Waals surface area contributed by atoms with Crippen LogP contribution in [0, 0.1) is 0 Å². The molecule has 2 aliphatic heterocycles. The number of nitrogens with one attached hydrogen (secondary N) is 1. The van der Waals surface area contributed by atoms with Crippen molar-refractivity contribution in [2.75, 3.05) is 33.4 Å². The summed E-state index contributed by atoms with van der Waals surface area (Å²) < 4.78 is 17.5. The van der Waals surface area contributed by atoms with Crippen LogP contribution in [0.4, 0.5) is 0 Å². The minimum atomic E-state index is 0. The zero-order chi connectivity index (χ0) is 19.9. The van der Waals surface area contributed by atoms with Crippen molar-refractivity contribution in [1.82, 2.24) is 15.2 Å². The van der Waals surface area contributed by atoms with E-state index in [1.165, 1.54) is 12.8 Å². The third-order valence-electron chi connectivity index (χ3n) is 5.46. The standard InChI is InChI=1S/C21H30N4O3S.HI/c1-22-21(23-13-16-14-28-20(24-16)19-6-4-12-29-19)25-9-7-17(8-10-25)27-15-18-5-2-3-11-26-18;/h4,6,12,14,17-18H,2-3,5,7-11,13,15H2,1H3,(H,22,23);1H. The van der Waals surface area contributed by atoms with E-state index in [0.29, 0.717) is 18.5 Å². The summed E-state index contributed by atoms with van der Waals surface area (Å²) in [6, 6.07) is 4.01. The molecule has 9 heteroatoms. The normalized spacial score (nSPS) is 20.8. The van der Waals surface area contributed by atoms with E-state index in [4.69, 9.17) is 13.9 Å². The molecule has 0 bridgehead atoms. The predicted octanol–water partition coefficient (Wildman–Crippen LogP) is 4.15. The molecular weight excluding hydrogens is 515 g/mol. The summed E-state index contributed by atoms with van der Waals surface area (Å²) in [5.41, 5.74) is 0.875. The van der Waals surface area contributed by atoms with E-state index in [1.54, 1.807) is 17.6 Å². The Labute approximate surface area is 199 Å². The molecule has 0 spiro atoms. The Morgan fingerprint density at radius 2 is 2.20 bits per heavy atom. The van der Waals surface area contributed by atoms with E-state index in [1.807, 2.05) is 24.6 Å². The van der Waals surface area contributed by atoms with Gasteiger partial charge in [0.15, 0.2) is 5.96 Å². The fourth-order valence-corrected chi connectivity index (χ4v) is 4.48. The smallest absolute Gasteiger partial charge is 0.236 e. The van der Waals surface area contributed by atoms with Crippen molar-refractivity contribution in [2.24, 2.45) is 4.99 Å². The van der Waals surface area contributed by atoms with Crippen LogP contribution in [0.2, 0.25) is 0 Å². The maximum Gasteiger partial charge on any atom is 0.236 e. The van der Waals surface area contributed by atoms with E-state index in [9.17, 15) is 0 Å². The number of aromatic nitrogens is 1. The quantitative estimate of drug-likeness (QED) is 0.334. The van der Waals surface area contributed by atoms with E-state index in [-0.39, 0.29) is 30.1 Å². The number of thiophene rings is 1. The zero-order valence-electron chi connectivity index (χ0n) is 17.4. The topological polar surface area (TPSA) is 72.1 Å². The summed E-state index contributed by atoms with van der Waals surface area (Å²) in [4.78, 5) is 12.3. The number of guanidine groups is 1. The van der Waals surface area contributed by atoms with E-state index >= 15 is 0 Å². The fraction of sp³-hybridized carbons (Fsp3) is 0.619. The lowest BCUT2D eigenvalue weighted by Crippen LogP contribution is -2.47. The van der Waals surface area contributed by atoms with Crippen LogP contribution in [-0.2, 0) is 16.0 Å². The Hall–Kier alpha value is -1.17. The highest BCUT2D eigenvalue weighted by Crippen LogP contribution is 2.23. The lowest BCUT2D eigenvalue weighted by molar-refractivity contribution is -0.0721. The Morgan fingerprint density at radius 3 is 2.90 bits per heavy atom. The van der Waals surface area contributed by atoms with Crippen LogP contribution in [0.25, 0.3) is 10.8 Å². The van der Waals surface area contributed by atoms with Crippen molar-refractivity contribution >= 4 is 41.3 Å². The number of halogens is 1. The van der Waals surface area contributed by atoms with E-state index in [2.05, 4.69) is 20.2 Å². The number of ether oxygens (including phenoxy) is 2. The number of aliphatic imine (C=N–C) groups is 1. The van der Waals surface area contributed by atoms with Crippen molar-refractivity contribution in [3.63, 3.8) is 0 Å². The Bertz CT molecular complexity index is 769. The number of hydrogen-bond acceptors (Lipinski definition) is 6. The molecule has 2 aromatic heterocycles. The molecule has 2 aliphatic rings. The van der Waals surface area contributed by atoms with Crippen LogP contribution >= 0.6 is 35.3 Å². The summed E-state index contributed by atoms with van der Waals surface area (Å²) in [5, 5.41) is 5.43. The number of oxazole rings is 1. The van der Waals surface area contributed by atoms with Crippen LogP contribution in [0.1, 0.15) is 37.8 Å². The van der Waals surface area contributed by atoms with Gasteiger partial charge in [-0.3, -0.25) is 4.99 Å². The predicted molar refractivity (Wildman–Crippen MR) is 130 cm³/mol. The third kappa shape index (κ3) is 6.41. The first kappa shape index (κ1) is 23.5. The van der Waals surface area contributed by atoms with Crippen LogP contribution in [0.15, 0.2) is 33.2 Å². The molecule has 1 atom stereocenters. The van der Waals surface area contributed by atoms with Gasteiger partial charge < -0.3 is 24.1 Å². The highest BCUT2D eigenvalue weighted by molar-refractivity contribution is 14.0. The molecule has 2 saturated heterocycles. The van der Waals surface area contributed by atoms with Gasteiger partial charge in [0.25, 0.3) is 0 Å². The number of piperidine rings is 1. The van der Waals surface area contributed by atoms with Crippen molar-refractivity contribution in [3.8, 4) is 10.8 Å². The van der Waals surface area contributed by atoms with Crippen molar-refractivity contribution in [1.29, 1.82) is 0 Å². The van der Waals surface area contributed by atoms with Gasteiger partial charge in [0.05, 0.1) is 35.9 Å². The Morgan fingerprint density at radius 1 is 1.33 bits per heavy atom. The number of rotatable bonds is 6. The van der Waals surface area contributed by atoms with Gasteiger partial charge in [0.2, 0.25) is 5.89 Å². The van der Waals surface area contributed by atoms with Crippen LogP contribution < -0.4 is 5.32 Å². The molecule has 0 amide bonds. The lowest BCUT2D eigenvalue weighted by Gasteiger charge is -2.35. The van der Waals surface area contributed by atoms with Crippen molar-refractivity contribution < 1.29 is 13.9 Å². The van der Waals surface area contributed by atoms with Crippen molar-refractivity contribution in [2.45, 2.75) is 50.9 Å². The minimum Gasteiger partial charge on any atom is -0.443 e. The highest BCUT2D eigenvalue weighted by atomic mass is 127. The molecule has 0 radical (unpaired) electrons. The summed E-state index contributed by atoms with van der Waals surface area (Å²) in [7, 11) is 1.82. The fourth-order valence-electron chi connectivity index (χ4n) is 3.82. The Kier molecular flexibility index (Phi) is 9.41. The first-order valence-electron chi connectivity index (χ1n) is 10.5. The van der Waals surface area contributed by atoms with Crippen LogP contribution in [0.3, 0.4) is 0 Å². The molecule has 7 nitrogen and oxygen atoms in total. The maximum atomic E-state index is 6.12. The van der Waals surface area contributed by atoms with Crippen molar-refractivity contribution in [3.05, 3.63) is 29.5 Å². The van der Waals surface area contributed by atoms with Gasteiger partial charge in [-0.2, -0.15) is 0 Å². The largest absolute Gasteiger partial charge is 0.443 e. The highest BCUT2D eigenvalue weighted by Gasteiger charge is 2.24. The van der Waals surface area contributed by atoms with E-state index in [0.717, 1.165) is 62.1 Å². The first-order chi connectivity index (χ1) is 14.3. The first-order valence-corrected chi connectivity index (χ1v) is 11.4. The SMILES string of the molecule is CN=C(NCc1coc(-c2cccs2)n1)N1CCC(OCC2CCCCO2)CC1.I. The van der Waals surface area contributed by atoms with Gasteiger partial charge in [-0.1, -0.05) is 6.07 Å². The second-order valence-electron chi connectivity index (χ2n) is 7.53. The molecule has 1 N–H and O–H groups in total. The number of hydrogen-bond donors (Lipinski definition) is 1. The maximum absolute atomic E-state index is 6.12. The third-order valence-corrected chi connectivity index (χ3v) is 6.31. The summed E-state index contributed by atoms with van der Waals surface area (Å²) in [6.07, 6.45) is 7.92. The van der Waals surface area contributed by atoms with Gasteiger partial charge in [-0.05, 0) is 43.6 Å². The van der Waals surface area contributed by atoms with Gasteiger partial charge in [0.1, 0.15) is 6.26 Å². The summed E-state index contributed by atoms with van der Waals surface area (Å²) in [5.74, 6) is 1.58. The average Bonchev–Trinajstić information content (AvgIpc) is 3.46. The second-order valence-corrected chi connectivity index (χ2v) is 8.48. The zero-order valence-corrected chi connectivity index (χ0v) is 20.6. The summed E-state index contributed by atoms with van der Waals surface area (Å²) >= 11 is 1.63. The molecule has 0 saturated carbocycles. The number of likely N-dealkylation sites (tertiary alicyclic amines) is 1. The van der Waals surface area contributed by atoms with Gasteiger partial charge in [-0.15, -0.1) is 35.3 Å².